The number of hydrogen-bond donors (Lipinski definition) is 1. The smallest absolute Gasteiger partial charge is 0.0233 e. The third-order valence-corrected chi connectivity index (χ3v) is 4.22. The maximum absolute atomic E-state index is 3.57. The summed E-state index contributed by atoms with van der Waals surface area (Å²) < 4.78 is 0. The van der Waals surface area contributed by atoms with Gasteiger partial charge < -0.3 is 5.32 Å². The molecule has 2 heterocycles. The molecule has 2 aliphatic heterocycles. The maximum atomic E-state index is 3.57. The van der Waals surface area contributed by atoms with Crippen LogP contribution in [0.3, 0.4) is 0 Å². The lowest BCUT2D eigenvalue weighted by Crippen LogP contribution is -2.52. The van der Waals surface area contributed by atoms with Gasteiger partial charge in [-0.15, -0.1) is 0 Å². The fraction of sp³-hybridized carbons (Fsp3) is 0.600. The Hall–Kier alpha value is -0.860. The van der Waals surface area contributed by atoms with Crippen LogP contribution in [0.4, 0.5) is 0 Å². The molecular weight excluding hydrogens is 208 g/mol. The third kappa shape index (κ3) is 2.70. The second kappa shape index (κ2) is 5.19. The topological polar surface area (TPSA) is 15.3 Å². The molecule has 0 saturated carbocycles. The highest BCUT2D eigenvalue weighted by Crippen LogP contribution is 2.25. The summed E-state index contributed by atoms with van der Waals surface area (Å²) >= 11 is 0. The minimum atomic E-state index is 0.813. The molecule has 2 heteroatoms. The van der Waals surface area contributed by atoms with E-state index in [4.69, 9.17) is 0 Å². The fourth-order valence-corrected chi connectivity index (χ4v) is 3.12. The molecule has 2 aliphatic rings. The van der Waals surface area contributed by atoms with Gasteiger partial charge in [0.1, 0.15) is 0 Å². The predicted molar refractivity (Wildman–Crippen MR) is 70.9 cm³/mol. The van der Waals surface area contributed by atoms with Crippen LogP contribution in [-0.2, 0) is 6.54 Å². The monoisotopic (exact) mass is 230 g/mol. The number of benzene rings is 1. The Kier molecular flexibility index (Phi) is 3.44. The van der Waals surface area contributed by atoms with E-state index in [1.165, 1.54) is 44.5 Å². The highest BCUT2D eigenvalue weighted by atomic mass is 15.1. The third-order valence-electron chi connectivity index (χ3n) is 4.22. The molecular formula is C15H22N2. The van der Waals surface area contributed by atoms with E-state index in [0.29, 0.717) is 0 Å². The van der Waals surface area contributed by atoms with Crippen LogP contribution in [0, 0.1) is 5.92 Å². The van der Waals surface area contributed by atoms with Gasteiger partial charge in [-0.1, -0.05) is 30.3 Å². The molecule has 2 saturated heterocycles. The number of likely N-dealkylation sites (tertiary alicyclic amines) is 1. The van der Waals surface area contributed by atoms with Gasteiger partial charge in [0, 0.05) is 19.1 Å². The lowest BCUT2D eigenvalue weighted by Gasteiger charge is -2.41. The molecule has 0 spiro atoms. The van der Waals surface area contributed by atoms with Gasteiger partial charge in [0.05, 0.1) is 0 Å². The van der Waals surface area contributed by atoms with Crippen molar-refractivity contribution >= 4 is 0 Å². The van der Waals surface area contributed by atoms with E-state index in [9.17, 15) is 0 Å². The second-order valence-electron chi connectivity index (χ2n) is 5.47. The predicted octanol–water partition coefficient (Wildman–Crippen LogP) is 2.26. The Bertz CT molecular complexity index is 345. The van der Waals surface area contributed by atoms with Crippen LogP contribution >= 0.6 is 0 Å². The van der Waals surface area contributed by atoms with Gasteiger partial charge in [-0.05, 0) is 43.8 Å². The summed E-state index contributed by atoms with van der Waals surface area (Å²) in [6.07, 6.45) is 4.18. The van der Waals surface area contributed by atoms with Crippen LogP contribution in [0.5, 0.6) is 0 Å². The Morgan fingerprint density at radius 2 is 2.00 bits per heavy atom. The summed E-state index contributed by atoms with van der Waals surface area (Å²) in [5.74, 6) is 0.890. The van der Waals surface area contributed by atoms with Gasteiger partial charge in [-0.25, -0.2) is 0 Å². The van der Waals surface area contributed by atoms with Crippen molar-refractivity contribution in [3.8, 4) is 0 Å². The first kappa shape index (κ1) is 11.2. The molecule has 92 valence electrons. The summed E-state index contributed by atoms with van der Waals surface area (Å²) in [5, 5.41) is 3.57. The van der Waals surface area contributed by atoms with Crippen molar-refractivity contribution in [1.82, 2.24) is 10.2 Å². The van der Waals surface area contributed by atoms with E-state index in [1.54, 1.807) is 0 Å². The number of nitrogens with zero attached hydrogens (tertiary/aromatic N) is 1. The highest BCUT2D eigenvalue weighted by Gasteiger charge is 2.30. The molecule has 1 aromatic rings. The first-order chi connectivity index (χ1) is 8.42. The van der Waals surface area contributed by atoms with Crippen LogP contribution in [-0.4, -0.2) is 30.6 Å². The summed E-state index contributed by atoms with van der Waals surface area (Å²) in [4.78, 5) is 2.63. The zero-order valence-electron chi connectivity index (χ0n) is 10.4. The minimum absolute atomic E-state index is 0.813. The Labute approximate surface area is 104 Å². The van der Waals surface area contributed by atoms with Crippen LogP contribution in [0.25, 0.3) is 0 Å². The standard InChI is InChI=1S/C15H22N2/c1-2-5-13(6-3-1)11-17-10-4-7-14(12-17)15-8-9-16-15/h1-3,5-6,14-16H,4,7-12H2. The number of nitrogens with one attached hydrogen (secondary N) is 1. The Morgan fingerprint density at radius 1 is 1.18 bits per heavy atom. The van der Waals surface area contributed by atoms with Crippen molar-refractivity contribution in [3.63, 3.8) is 0 Å². The maximum Gasteiger partial charge on any atom is 0.0233 e. The molecule has 2 atom stereocenters. The summed E-state index contributed by atoms with van der Waals surface area (Å²) in [7, 11) is 0. The SMILES string of the molecule is c1ccc(CN2CCCC(C3CCN3)C2)cc1. The van der Waals surface area contributed by atoms with Gasteiger partial charge in [-0.3, -0.25) is 4.90 Å². The normalized spacial score (nSPS) is 29.9. The number of rotatable bonds is 3. The zero-order valence-corrected chi connectivity index (χ0v) is 10.4. The van der Waals surface area contributed by atoms with Gasteiger partial charge in [0.2, 0.25) is 0 Å². The molecule has 2 unspecified atom stereocenters. The van der Waals surface area contributed by atoms with Crippen LogP contribution in [0.2, 0.25) is 0 Å². The van der Waals surface area contributed by atoms with E-state index in [0.717, 1.165) is 18.5 Å². The van der Waals surface area contributed by atoms with E-state index in [2.05, 4.69) is 40.5 Å². The molecule has 3 rings (SSSR count). The van der Waals surface area contributed by atoms with Crippen molar-refractivity contribution in [2.75, 3.05) is 19.6 Å². The fourth-order valence-electron chi connectivity index (χ4n) is 3.12. The lowest BCUT2D eigenvalue weighted by molar-refractivity contribution is 0.117. The van der Waals surface area contributed by atoms with Crippen molar-refractivity contribution in [1.29, 1.82) is 0 Å². The molecule has 1 aromatic carbocycles. The molecule has 0 aliphatic carbocycles. The summed E-state index contributed by atoms with van der Waals surface area (Å²) in [5.41, 5.74) is 1.45. The Balaban J connectivity index is 1.56. The second-order valence-corrected chi connectivity index (χ2v) is 5.47. The molecule has 1 N–H and O–H groups in total. The molecule has 2 nitrogen and oxygen atoms in total. The van der Waals surface area contributed by atoms with Crippen molar-refractivity contribution < 1.29 is 0 Å². The largest absolute Gasteiger partial charge is 0.314 e. The zero-order chi connectivity index (χ0) is 11.5. The van der Waals surface area contributed by atoms with E-state index >= 15 is 0 Å². The quantitative estimate of drug-likeness (QED) is 0.857. The van der Waals surface area contributed by atoms with Gasteiger partial charge >= 0.3 is 0 Å². The Morgan fingerprint density at radius 3 is 2.71 bits per heavy atom. The first-order valence-corrected chi connectivity index (χ1v) is 6.91. The van der Waals surface area contributed by atoms with Crippen LogP contribution < -0.4 is 5.32 Å². The molecule has 2 fully saturated rings. The van der Waals surface area contributed by atoms with Crippen molar-refractivity contribution in [2.45, 2.75) is 31.8 Å². The number of piperidine rings is 1. The van der Waals surface area contributed by atoms with Gasteiger partial charge in [0.25, 0.3) is 0 Å². The average Bonchev–Trinajstić information content (AvgIpc) is 2.28. The van der Waals surface area contributed by atoms with Gasteiger partial charge in [0.15, 0.2) is 0 Å². The van der Waals surface area contributed by atoms with Crippen LogP contribution in [0.15, 0.2) is 30.3 Å². The minimum Gasteiger partial charge on any atom is -0.314 e. The van der Waals surface area contributed by atoms with Crippen molar-refractivity contribution in [3.05, 3.63) is 35.9 Å². The molecule has 0 amide bonds. The number of hydrogen-bond acceptors (Lipinski definition) is 2. The molecule has 17 heavy (non-hydrogen) atoms. The van der Waals surface area contributed by atoms with E-state index < -0.39 is 0 Å². The summed E-state index contributed by atoms with van der Waals surface area (Å²) in [6.45, 7) is 4.93. The average molecular weight is 230 g/mol. The first-order valence-electron chi connectivity index (χ1n) is 6.91. The van der Waals surface area contributed by atoms with Gasteiger partial charge in [-0.2, -0.15) is 0 Å². The van der Waals surface area contributed by atoms with Crippen molar-refractivity contribution in [2.24, 2.45) is 5.92 Å². The molecule has 0 radical (unpaired) electrons. The van der Waals surface area contributed by atoms with E-state index in [-0.39, 0.29) is 0 Å². The summed E-state index contributed by atoms with van der Waals surface area (Å²) in [6, 6.07) is 11.7. The molecule has 0 bridgehead atoms. The lowest BCUT2D eigenvalue weighted by atomic mass is 9.85. The van der Waals surface area contributed by atoms with E-state index in [1.807, 2.05) is 0 Å². The van der Waals surface area contributed by atoms with Crippen LogP contribution in [0.1, 0.15) is 24.8 Å². The highest BCUT2D eigenvalue weighted by molar-refractivity contribution is 5.14. The molecule has 0 aromatic heterocycles.